The topological polar surface area (TPSA) is 90.6 Å². The van der Waals surface area contributed by atoms with Gasteiger partial charge in [0.05, 0.1) is 30.3 Å². The van der Waals surface area contributed by atoms with Gasteiger partial charge in [-0.25, -0.2) is 4.79 Å². The maximum atomic E-state index is 12.1. The van der Waals surface area contributed by atoms with Gasteiger partial charge in [0.2, 0.25) is 5.91 Å². The van der Waals surface area contributed by atoms with Gasteiger partial charge in [-0.1, -0.05) is 0 Å². The van der Waals surface area contributed by atoms with Crippen LogP contribution in [0.25, 0.3) is 0 Å². The van der Waals surface area contributed by atoms with Crippen molar-refractivity contribution in [1.29, 1.82) is 5.26 Å². The standard InChI is InChI=1S/C14H14N2O4/c15-6-1-2-7-16-11-9-10(14(18)19)3-4-12(11)20-8-5-13(16)17/h3-4,9H,1-2,5,7-8H2,(H,18,19). The molecular weight excluding hydrogens is 260 g/mol. The quantitative estimate of drug-likeness (QED) is 0.845. The summed E-state index contributed by atoms with van der Waals surface area (Å²) < 4.78 is 5.47. The molecule has 0 aromatic heterocycles. The Labute approximate surface area is 116 Å². The third-order valence-corrected chi connectivity index (χ3v) is 3.04. The molecule has 1 amide bonds. The molecule has 6 heteroatoms. The maximum absolute atomic E-state index is 12.1. The molecule has 1 aromatic carbocycles. The van der Waals surface area contributed by atoms with Crippen molar-refractivity contribution in [3.63, 3.8) is 0 Å². The highest BCUT2D eigenvalue weighted by Gasteiger charge is 2.24. The minimum atomic E-state index is -1.05. The summed E-state index contributed by atoms with van der Waals surface area (Å²) in [6.45, 7) is 0.652. The van der Waals surface area contributed by atoms with E-state index in [4.69, 9.17) is 15.1 Å². The van der Waals surface area contributed by atoms with Crippen LogP contribution in [-0.4, -0.2) is 30.1 Å². The zero-order valence-electron chi connectivity index (χ0n) is 10.8. The number of amides is 1. The van der Waals surface area contributed by atoms with Crippen molar-refractivity contribution in [1.82, 2.24) is 0 Å². The van der Waals surface area contributed by atoms with Gasteiger partial charge in [0, 0.05) is 13.0 Å². The van der Waals surface area contributed by atoms with Crippen LogP contribution < -0.4 is 9.64 Å². The molecule has 1 heterocycles. The number of nitrogens with zero attached hydrogens (tertiary/aromatic N) is 2. The van der Waals surface area contributed by atoms with Crippen molar-refractivity contribution in [3.8, 4) is 11.8 Å². The largest absolute Gasteiger partial charge is 0.491 e. The lowest BCUT2D eigenvalue weighted by Gasteiger charge is -2.21. The molecule has 2 rings (SSSR count). The fourth-order valence-electron chi connectivity index (χ4n) is 2.06. The second kappa shape index (κ2) is 6.06. The van der Waals surface area contributed by atoms with Gasteiger partial charge < -0.3 is 14.7 Å². The highest BCUT2D eigenvalue weighted by atomic mass is 16.5. The van der Waals surface area contributed by atoms with Crippen LogP contribution in [0, 0.1) is 11.3 Å². The molecule has 0 aliphatic carbocycles. The van der Waals surface area contributed by atoms with Gasteiger partial charge in [0.1, 0.15) is 5.75 Å². The number of aromatic carboxylic acids is 1. The number of ether oxygens (including phenoxy) is 1. The average molecular weight is 274 g/mol. The Morgan fingerprint density at radius 1 is 1.50 bits per heavy atom. The van der Waals surface area contributed by atoms with Crippen LogP contribution in [0.1, 0.15) is 29.6 Å². The Morgan fingerprint density at radius 3 is 3.00 bits per heavy atom. The molecule has 1 aromatic rings. The van der Waals surface area contributed by atoms with E-state index in [-0.39, 0.29) is 24.5 Å². The minimum Gasteiger partial charge on any atom is -0.491 e. The molecule has 0 radical (unpaired) electrons. The lowest BCUT2D eigenvalue weighted by molar-refractivity contribution is -0.118. The molecule has 0 saturated carbocycles. The summed E-state index contributed by atoms with van der Waals surface area (Å²) >= 11 is 0. The highest BCUT2D eigenvalue weighted by Crippen LogP contribution is 2.32. The van der Waals surface area contributed by atoms with Crippen LogP contribution in [0.5, 0.6) is 5.75 Å². The summed E-state index contributed by atoms with van der Waals surface area (Å²) in [5.74, 6) is -0.677. The fraction of sp³-hybridized carbons (Fsp3) is 0.357. The van der Waals surface area contributed by atoms with Crippen LogP contribution in [0.15, 0.2) is 18.2 Å². The van der Waals surface area contributed by atoms with E-state index in [1.165, 1.54) is 17.0 Å². The summed E-state index contributed by atoms with van der Waals surface area (Å²) in [6, 6.07) is 6.48. The number of rotatable bonds is 4. The number of unbranched alkanes of at least 4 members (excludes halogenated alkanes) is 1. The van der Waals surface area contributed by atoms with Crippen LogP contribution >= 0.6 is 0 Å². The second-order valence-electron chi connectivity index (χ2n) is 4.39. The highest BCUT2D eigenvalue weighted by molar-refractivity contribution is 5.98. The van der Waals surface area contributed by atoms with Crippen LogP contribution in [0.4, 0.5) is 5.69 Å². The number of fused-ring (bicyclic) bond motifs is 1. The molecule has 104 valence electrons. The molecule has 0 spiro atoms. The number of anilines is 1. The molecule has 0 bridgehead atoms. The molecule has 6 nitrogen and oxygen atoms in total. The molecule has 0 atom stereocenters. The van der Waals surface area contributed by atoms with E-state index < -0.39 is 5.97 Å². The molecular formula is C14H14N2O4. The van der Waals surface area contributed by atoms with Gasteiger partial charge in [-0.2, -0.15) is 5.26 Å². The van der Waals surface area contributed by atoms with Gasteiger partial charge in [-0.3, -0.25) is 4.79 Å². The van der Waals surface area contributed by atoms with E-state index in [1.54, 1.807) is 6.07 Å². The first-order valence-electron chi connectivity index (χ1n) is 6.31. The van der Waals surface area contributed by atoms with E-state index in [9.17, 15) is 9.59 Å². The number of nitriles is 1. The van der Waals surface area contributed by atoms with E-state index in [0.717, 1.165) is 0 Å². The van der Waals surface area contributed by atoms with Crippen LogP contribution in [-0.2, 0) is 4.79 Å². The Hall–Kier alpha value is -2.55. The monoisotopic (exact) mass is 274 g/mol. The first kappa shape index (κ1) is 13.9. The van der Waals surface area contributed by atoms with E-state index in [1.807, 2.05) is 6.07 Å². The number of carboxylic acids is 1. The summed E-state index contributed by atoms with van der Waals surface area (Å²) in [4.78, 5) is 24.6. The number of carbonyl (C=O) groups excluding carboxylic acids is 1. The van der Waals surface area contributed by atoms with Crippen molar-refractivity contribution in [2.24, 2.45) is 0 Å². The predicted molar refractivity (Wildman–Crippen MR) is 70.7 cm³/mol. The van der Waals surface area contributed by atoms with Crippen LogP contribution in [0.2, 0.25) is 0 Å². The van der Waals surface area contributed by atoms with E-state index >= 15 is 0 Å². The first-order valence-corrected chi connectivity index (χ1v) is 6.31. The summed E-state index contributed by atoms with van der Waals surface area (Å²) in [6.07, 6.45) is 1.13. The minimum absolute atomic E-state index is 0.104. The lowest BCUT2D eigenvalue weighted by Crippen LogP contribution is -2.31. The van der Waals surface area contributed by atoms with E-state index in [2.05, 4.69) is 0 Å². The predicted octanol–water partition coefficient (Wildman–Crippen LogP) is 1.80. The van der Waals surface area contributed by atoms with Crippen molar-refractivity contribution >= 4 is 17.6 Å². The zero-order chi connectivity index (χ0) is 14.5. The zero-order valence-corrected chi connectivity index (χ0v) is 10.8. The maximum Gasteiger partial charge on any atom is 0.335 e. The second-order valence-corrected chi connectivity index (χ2v) is 4.39. The van der Waals surface area contributed by atoms with Gasteiger partial charge in [0.25, 0.3) is 0 Å². The first-order chi connectivity index (χ1) is 9.63. The summed E-state index contributed by atoms with van der Waals surface area (Å²) in [7, 11) is 0. The van der Waals surface area contributed by atoms with Crippen molar-refractivity contribution in [2.75, 3.05) is 18.1 Å². The van der Waals surface area contributed by atoms with Crippen molar-refractivity contribution < 1.29 is 19.4 Å². The molecule has 20 heavy (non-hydrogen) atoms. The molecule has 0 saturated heterocycles. The third kappa shape index (κ3) is 2.88. The molecule has 0 fully saturated rings. The van der Waals surface area contributed by atoms with Gasteiger partial charge >= 0.3 is 5.97 Å². The Kier molecular flexibility index (Phi) is 4.20. The SMILES string of the molecule is N#CCCCN1C(=O)CCOc2ccc(C(=O)O)cc21. The Balaban J connectivity index is 2.35. The van der Waals surface area contributed by atoms with Gasteiger partial charge in [0.15, 0.2) is 0 Å². The Bertz CT molecular complexity index is 577. The lowest BCUT2D eigenvalue weighted by atomic mass is 10.1. The molecule has 0 unspecified atom stereocenters. The van der Waals surface area contributed by atoms with Crippen molar-refractivity contribution in [3.05, 3.63) is 23.8 Å². The Morgan fingerprint density at radius 2 is 2.30 bits per heavy atom. The summed E-state index contributed by atoms with van der Waals surface area (Å²) in [5, 5.41) is 17.6. The van der Waals surface area contributed by atoms with Gasteiger partial charge in [-0.05, 0) is 24.6 Å². The van der Waals surface area contributed by atoms with E-state index in [0.29, 0.717) is 30.8 Å². The number of hydrogen-bond donors (Lipinski definition) is 1. The fourth-order valence-corrected chi connectivity index (χ4v) is 2.06. The molecule has 1 N–H and O–H groups in total. The number of carboxylic acid groups (broad SMARTS) is 1. The molecule has 1 aliphatic heterocycles. The number of hydrogen-bond acceptors (Lipinski definition) is 4. The summed E-state index contributed by atoms with van der Waals surface area (Å²) in [5.41, 5.74) is 0.567. The van der Waals surface area contributed by atoms with Gasteiger partial charge in [-0.15, -0.1) is 0 Å². The normalized spacial score (nSPS) is 13.9. The average Bonchev–Trinajstić information content (AvgIpc) is 2.58. The van der Waals surface area contributed by atoms with Crippen molar-refractivity contribution in [2.45, 2.75) is 19.3 Å². The number of benzene rings is 1. The smallest absolute Gasteiger partial charge is 0.335 e. The third-order valence-electron chi connectivity index (χ3n) is 3.04. The number of carbonyl (C=O) groups is 2. The van der Waals surface area contributed by atoms with Crippen LogP contribution in [0.3, 0.4) is 0 Å². The molecule has 1 aliphatic rings.